The van der Waals surface area contributed by atoms with Crippen LogP contribution in [0.5, 0.6) is 0 Å². The number of fused-ring (bicyclic) bond motifs is 1. The molecule has 2 rings (SSSR count). The molecule has 0 bridgehead atoms. The van der Waals surface area contributed by atoms with Gasteiger partial charge in [-0.15, -0.1) is 6.58 Å². The first-order valence-electron chi connectivity index (χ1n) is 5.50. The summed E-state index contributed by atoms with van der Waals surface area (Å²) in [5, 5.41) is 3.56. The first kappa shape index (κ1) is 11.7. The number of nitrogens with one attached hydrogen (secondary N) is 3. The predicted molar refractivity (Wildman–Crippen MR) is 75.2 cm³/mol. The van der Waals surface area contributed by atoms with Crippen molar-refractivity contribution in [2.45, 2.75) is 6.42 Å². The Kier molecular flexibility index (Phi) is 3.77. The van der Waals surface area contributed by atoms with Crippen molar-refractivity contribution >= 4 is 23.0 Å². The van der Waals surface area contributed by atoms with E-state index in [9.17, 15) is 0 Å². The molecule has 1 aliphatic carbocycles. The second-order valence-electron chi connectivity index (χ2n) is 3.73. The third kappa shape index (κ3) is 2.85. The maximum Gasteiger partial charge on any atom is 0.185 e. The Bertz CT molecular complexity index is 465. The zero-order chi connectivity index (χ0) is 12.1. The van der Waals surface area contributed by atoms with E-state index < -0.39 is 0 Å². The van der Waals surface area contributed by atoms with Crippen LogP contribution in [0, 0.1) is 0 Å². The molecule has 3 nitrogen and oxygen atoms in total. The van der Waals surface area contributed by atoms with E-state index in [2.05, 4.69) is 47.0 Å². The van der Waals surface area contributed by atoms with Gasteiger partial charge in [0.1, 0.15) is 0 Å². The highest BCUT2D eigenvalue weighted by Crippen LogP contribution is 2.24. The van der Waals surface area contributed by atoms with Crippen LogP contribution in [0.4, 0.5) is 0 Å². The van der Waals surface area contributed by atoms with Gasteiger partial charge in [0.25, 0.3) is 0 Å². The van der Waals surface area contributed by atoms with Crippen molar-refractivity contribution < 1.29 is 0 Å². The normalized spacial score (nSPS) is 12.4. The van der Waals surface area contributed by atoms with Gasteiger partial charge in [0.15, 0.2) is 5.11 Å². The Labute approximate surface area is 107 Å². The molecular formula is C13H15N3S. The van der Waals surface area contributed by atoms with E-state index in [-0.39, 0.29) is 0 Å². The molecule has 0 amide bonds. The standard InChI is InChI=1S/C13H15N3S/c1-2-9-14-13(17)16-15-12-8-7-10-5-3-4-6-11(10)12/h2-6,8,15H,1,7,9H2,(H2,14,16,17). The Morgan fingerprint density at radius 3 is 3.06 bits per heavy atom. The molecule has 1 aliphatic rings. The molecule has 0 fully saturated rings. The Balaban J connectivity index is 1.89. The number of hydrogen-bond acceptors (Lipinski definition) is 2. The molecule has 4 heteroatoms. The van der Waals surface area contributed by atoms with Gasteiger partial charge in [0.05, 0.1) is 5.70 Å². The Hall–Kier alpha value is -1.81. The van der Waals surface area contributed by atoms with Crippen molar-refractivity contribution in [2.75, 3.05) is 6.54 Å². The maximum atomic E-state index is 5.09. The van der Waals surface area contributed by atoms with Gasteiger partial charge in [-0.3, -0.25) is 10.9 Å². The van der Waals surface area contributed by atoms with E-state index in [1.165, 1.54) is 11.1 Å². The zero-order valence-corrected chi connectivity index (χ0v) is 10.3. The van der Waals surface area contributed by atoms with E-state index in [1.54, 1.807) is 6.08 Å². The third-order valence-corrected chi connectivity index (χ3v) is 2.80. The van der Waals surface area contributed by atoms with Crippen molar-refractivity contribution in [1.29, 1.82) is 0 Å². The summed E-state index contributed by atoms with van der Waals surface area (Å²) in [6.07, 6.45) is 4.87. The molecule has 0 saturated heterocycles. The summed E-state index contributed by atoms with van der Waals surface area (Å²) in [4.78, 5) is 0. The molecule has 0 aliphatic heterocycles. The molecule has 0 atom stereocenters. The van der Waals surface area contributed by atoms with Crippen molar-refractivity contribution in [3.8, 4) is 0 Å². The number of benzene rings is 1. The molecule has 1 aromatic rings. The number of rotatable bonds is 4. The molecule has 0 aromatic heterocycles. The molecule has 3 N–H and O–H groups in total. The van der Waals surface area contributed by atoms with Crippen LogP contribution in [-0.2, 0) is 6.42 Å². The lowest BCUT2D eigenvalue weighted by Gasteiger charge is -2.13. The number of hydrazine groups is 1. The minimum absolute atomic E-state index is 0.565. The fourth-order valence-corrected chi connectivity index (χ4v) is 1.87. The highest BCUT2D eigenvalue weighted by Gasteiger charge is 2.12. The van der Waals surface area contributed by atoms with E-state index in [4.69, 9.17) is 12.2 Å². The molecule has 0 spiro atoms. The van der Waals surface area contributed by atoms with Gasteiger partial charge < -0.3 is 5.32 Å². The summed E-state index contributed by atoms with van der Waals surface area (Å²) >= 11 is 5.09. The van der Waals surface area contributed by atoms with Crippen molar-refractivity contribution in [2.24, 2.45) is 0 Å². The van der Waals surface area contributed by atoms with Crippen molar-refractivity contribution in [3.05, 3.63) is 54.1 Å². The van der Waals surface area contributed by atoms with E-state index in [1.807, 2.05) is 6.07 Å². The van der Waals surface area contributed by atoms with Crippen LogP contribution in [-0.4, -0.2) is 11.7 Å². The topological polar surface area (TPSA) is 36.1 Å². The fourth-order valence-electron chi connectivity index (χ4n) is 1.73. The number of hydrogen-bond donors (Lipinski definition) is 3. The van der Waals surface area contributed by atoms with Gasteiger partial charge >= 0.3 is 0 Å². The lowest BCUT2D eigenvalue weighted by molar-refractivity contribution is 0.813. The van der Waals surface area contributed by atoms with Crippen LogP contribution < -0.4 is 16.2 Å². The van der Waals surface area contributed by atoms with Gasteiger partial charge in [-0.05, 0) is 24.2 Å². The monoisotopic (exact) mass is 245 g/mol. The van der Waals surface area contributed by atoms with Crippen LogP contribution in [0.3, 0.4) is 0 Å². The maximum absolute atomic E-state index is 5.09. The lowest BCUT2D eigenvalue weighted by atomic mass is 10.1. The van der Waals surface area contributed by atoms with Crippen LogP contribution in [0.15, 0.2) is 43.0 Å². The second-order valence-corrected chi connectivity index (χ2v) is 4.14. The highest BCUT2D eigenvalue weighted by molar-refractivity contribution is 7.80. The predicted octanol–water partition coefficient (Wildman–Crippen LogP) is 1.74. The zero-order valence-electron chi connectivity index (χ0n) is 9.49. The molecule has 0 unspecified atom stereocenters. The SMILES string of the molecule is C=CCNC(=S)NNC1=CCc2ccccc21. The van der Waals surface area contributed by atoms with Crippen LogP contribution in [0.2, 0.25) is 0 Å². The quantitative estimate of drug-likeness (QED) is 0.429. The first-order chi connectivity index (χ1) is 8.31. The van der Waals surface area contributed by atoms with E-state index in [0.29, 0.717) is 11.7 Å². The highest BCUT2D eigenvalue weighted by atomic mass is 32.1. The average molecular weight is 245 g/mol. The van der Waals surface area contributed by atoms with Gasteiger partial charge in [0, 0.05) is 12.1 Å². The molecule has 17 heavy (non-hydrogen) atoms. The molecule has 88 valence electrons. The fraction of sp³-hybridized carbons (Fsp3) is 0.154. The largest absolute Gasteiger partial charge is 0.358 e. The summed E-state index contributed by atoms with van der Waals surface area (Å²) in [5.41, 5.74) is 9.71. The van der Waals surface area contributed by atoms with Crippen LogP contribution >= 0.6 is 12.2 Å². The second kappa shape index (κ2) is 5.50. The Morgan fingerprint density at radius 1 is 1.41 bits per heavy atom. The number of allylic oxidation sites excluding steroid dienone is 1. The number of thiocarbonyl (C=S) groups is 1. The summed E-state index contributed by atoms with van der Waals surface area (Å²) in [7, 11) is 0. The van der Waals surface area contributed by atoms with Gasteiger partial charge in [-0.2, -0.15) is 0 Å². The Morgan fingerprint density at radius 2 is 2.24 bits per heavy atom. The summed E-state index contributed by atoms with van der Waals surface area (Å²) < 4.78 is 0. The van der Waals surface area contributed by atoms with Crippen molar-refractivity contribution in [1.82, 2.24) is 16.2 Å². The average Bonchev–Trinajstić information content (AvgIpc) is 2.77. The van der Waals surface area contributed by atoms with Crippen molar-refractivity contribution in [3.63, 3.8) is 0 Å². The lowest BCUT2D eigenvalue weighted by Crippen LogP contribution is -2.42. The van der Waals surface area contributed by atoms with Gasteiger partial charge in [-0.25, -0.2) is 0 Å². The summed E-state index contributed by atoms with van der Waals surface area (Å²) in [5.74, 6) is 0. The molecule has 1 aromatic carbocycles. The molecule has 0 heterocycles. The van der Waals surface area contributed by atoms with E-state index >= 15 is 0 Å². The molecule has 0 saturated carbocycles. The van der Waals surface area contributed by atoms with Crippen LogP contribution in [0.25, 0.3) is 5.70 Å². The van der Waals surface area contributed by atoms with Crippen LogP contribution in [0.1, 0.15) is 11.1 Å². The smallest absolute Gasteiger partial charge is 0.185 e. The summed E-state index contributed by atoms with van der Waals surface area (Å²) in [6.45, 7) is 4.27. The molecular weight excluding hydrogens is 230 g/mol. The van der Waals surface area contributed by atoms with Gasteiger partial charge in [-0.1, -0.05) is 36.4 Å². The first-order valence-corrected chi connectivity index (χ1v) is 5.91. The minimum atomic E-state index is 0.565. The summed E-state index contributed by atoms with van der Waals surface area (Å²) in [6, 6.07) is 8.32. The third-order valence-electron chi connectivity index (χ3n) is 2.55. The molecule has 0 radical (unpaired) electrons. The van der Waals surface area contributed by atoms with Gasteiger partial charge in [0.2, 0.25) is 0 Å². The minimum Gasteiger partial charge on any atom is -0.358 e. The van der Waals surface area contributed by atoms with E-state index in [0.717, 1.165) is 12.1 Å².